The van der Waals surface area contributed by atoms with E-state index in [0.29, 0.717) is 25.0 Å². The van der Waals surface area contributed by atoms with Gasteiger partial charge in [-0.1, -0.05) is 36.4 Å². The summed E-state index contributed by atoms with van der Waals surface area (Å²) in [6, 6.07) is 14.6. The Kier molecular flexibility index (Phi) is 5.80. The fraction of sp³-hybridized carbons (Fsp3) is 0.455. The Hall–Kier alpha value is -2.24. The van der Waals surface area contributed by atoms with Crippen molar-refractivity contribution in [3.8, 4) is 0 Å². The SMILES string of the molecule is O=C(CN(Cc1cccnc1)[C@H]1CN2CCC1CC2)NCc1ccccc1. The highest BCUT2D eigenvalue weighted by molar-refractivity contribution is 5.78. The summed E-state index contributed by atoms with van der Waals surface area (Å²) in [6.45, 7) is 5.31. The van der Waals surface area contributed by atoms with Gasteiger partial charge in [-0.3, -0.25) is 14.7 Å². The number of piperidine rings is 3. The summed E-state index contributed by atoms with van der Waals surface area (Å²) < 4.78 is 0. The topological polar surface area (TPSA) is 48.5 Å². The van der Waals surface area contributed by atoms with E-state index in [1.54, 1.807) is 6.20 Å². The van der Waals surface area contributed by atoms with Crippen molar-refractivity contribution in [3.05, 3.63) is 66.0 Å². The zero-order valence-electron chi connectivity index (χ0n) is 15.8. The third kappa shape index (κ3) is 4.73. The van der Waals surface area contributed by atoms with Crippen molar-refractivity contribution >= 4 is 5.91 Å². The number of rotatable bonds is 7. The van der Waals surface area contributed by atoms with Gasteiger partial charge in [0.25, 0.3) is 0 Å². The van der Waals surface area contributed by atoms with Gasteiger partial charge in [0.1, 0.15) is 0 Å². The Labute approximate surface area is 161 Å². The van der Waals surface area contributed by atoms with Crippen molar-refractivity contribution in [2.24, 2.45) is 5.92 Å². The second-order valence-electron chi connectivity index (χ2n) is 7.73. The zero-order valence-corrected chi connectivity index (χ0v) is 15.8. The number of hydrogen-bond donors (Lipinski definition) is 1. The van der Waals surface area contributed by atoms with Gasteiger partial charge in [0.2, 0.25) is 5.91 Å². The van der Waals surface area contributed by atoms with Crippen LogP contribution in [0.15, 0.2) is 54.9 Å². The van der Waals surface area contributed by atoms with E-state index in [4.69, 9.17) is 0 Å². The predicted molar refractivity (Wildman–Crippen MR) is 106 cm³/mol. The Morgan fingerprint density at radius 1 is 1.11 bits per heavy atom. The van der Waals surface area contributed by atoms with Gasteiger partial charge < -0.3 is 10.2 Å². The molecule has 1 atom stereocenters. The van der Waals surface area contributed by atoms with Crippen molar-refractivity contribution in [3.63, 3.8) is 0 Å². The Bertz CT molecular complexity index is 728. The van der Waals surface area contributed by atoms with Gasteiger partial charge in [0, 0.05) is 38.1 Å². The average molecular weight is 364 g/mol. The first kappa shape index (κ1) is 18.1. The fourth-order valence-electron chi connectivity index (χ4n) is 4.40. The maximum atomic E-state index is 12.7. The number of carbonyl (C=O) groups excluding carboxylic acids is 1. The molecule has 2 bridgehead atoms. The lowest BCUT2D eigenvalue weighted by molar-refractivity contribution is -0.124. The van der Waals surface area contributed by atoms with Crippen molar-refractivity contribution in [1.82, 2.24) is 20.1 Å². The molecule has 142 valence electrons. The molecule has 1 aromatic heterocycles. The summed E-state index contributed by atoms with van der Waals surface area (Å²) in [5.41, 5.74) is 2.30. The maximum absolute atomic E-state index is 12.7. The van der Waals surface area contributed by atoms with E-state index in [0.717, 1.165) is 18.7 Å². The van der Waals surface area contributed by atoms with E-state index < -0.39 is 0 Å². The molecule has 0 unspecified atom stereocenters. The first-order valence-corrected chi connectivity index (χ1v) is 9.94. The third-order valence-corrected chi connectivity index (χ3v) is 5.88. The lowest BCUT2D eigenvalue weighted by Gasteiger charge is -2.49. The van der Waals surface area contributed by atoms with Crippen LogP contribution in [0.5, 0.6) is 0 Å². The Morgan fingerprint density at radius 2 is 1.89 bits per heavy atom. The lowest BCUT2D eigenvalue weighted by Crippen LogP contribution is -2.58. The quantitative estimate of drug-likeness (QED) is 0.819. The number of carbonyl (C=O) groups is 1. The summed E-state index contributed by atoms with van der Waals surface area (Å²) in [5, 5.41) is 3.09. The summed E-state index contributed by atoms with van der Waals surface area (Å²) >= 11 is 0. The molecule has 1 amide bonds. The van der Waals surface area contributed by atoms with Gasteiger partial charge in [0.05, 0.1) is 6.54 Å². The molecule has 5 nitrogen and oxygen atoms in total. The molecule has 0 aliphatic carbocycles. The van der Waals surface area contributed by atoms with Crippen LogP contribution in [-0.2, 0) is 17.9 Å². The minimum atomic E-state index is 0.0965. The first-order valence-electron chi connectivity index (χ1n) is 9.94. The second-order valence-corrected chi connectivity index (χ2v) is 7.73. The van der Waals surface area contributed by atoms with E-state index in [9.17, 15) is 4.79 Å². The molecule has 3 aliphatic heterocycles. The predicted octanol–water partition coefficient (Wildman–Crippen LogP) is 2.29. The molecule has 0 saturated carbocycles. The molecule has 0 spiro atoms. The standard InChI is InChI=1S/C22H28N4O/c27-22(24-14-18-5-2-1-3-6-18)17-26(15-19-7-4-10-23-13-19)21-16-25-11-8-20(21)9-12-25/h1-7,10,13,20-21H,8-9,11-12,14-17H2,(H,24,27)/t21-/m0/s1. The molecule has 2 aromatic rings. The van der Waals surface area contributed by atoms with Gasteiger partial charge in [-0.05, 0) is 49.0 Å². The highest BCUT2D eigenvalue weighted by Crippen LogP contribution is 2.31. The molecule has 5 rings (SSSR count). The van der Waals surface area contributed by atoms with Crippen LogP contribution >= 0.6 is 0 Å². The van der Waals surface area contributed by atoms with Crippen molar-refractivity contribution in [1.29, 1.82) is 0 Å². The largest absolute Gasteiger partial charge is 0.351 e. The van der Waals surface area contributed by atoms with Crippen LogP contribution in [0.3, 0.4) is 0 Å². The van der Waals surface area contributed by atoms with E-state index in [2.05, 4.69) is 26.2 Å². The van der Waals surface area contributed by atoms with Crippen molar-refractivity contribution in [2.45, 2.75) is 32.0 Å². The number of amides is 1. The van der Waals surface area contributed by atoms with Gasteiger partial charge >= 0.3 is 0 Å². The van der Waals surface area contributed by atoms with Gasteiger partial charge in [-0.15, -0.1) is 0 Å². The minimum Gasteiger partial charge on any atom is -0.351 e. The smallest absolute Gasteiger partial charge is 0.234 e. The molecule has 3 saturated heterocycles. The molecule has 3 fully saturated rings. The molecule has 1 N–H and O–H groups in total. The number of pyridine rings is 1. The lowest BCUT2D eigenvalue weighted by atomic mass is 9.83. The molecule has 27 heavy (non-hydrogen) atoms. The maximum Gasteiger partial charge on any atom is 0.234 e. The molecule has 0 radical (unpaired) electrons. The molecular weight excluding hydrogens is 336 g/mol. The number of nitrogens with zero attached hydrogens (tertiary/aromatic N) is 3. The summed E-state index contributed by atoms with van der Waals surface area (Å²) in [7, 11) is 0. The van der Waals surface area contributed by atoms with Crippen molar-refractivity contribution in [2.75, 3.05) is 26.2 Å². The highest BCUT2D eigenvalue weighted by Gasteiger charge is 2.37. The summed E-state index contributed by atoms with van der Waals surface area (Å²) in [4.78, 5) is 21.8. The monoisotopic (exact) mass is 364 g/mol. The fourth-order valence-corrected chi connectivity index (χ4v) is 4.40. The highest BCUT2D eigenvalue weighted by atomic mass is 16.2. The first-order chi connectivity index (χ1) is 13.3. The number of aromatic nitrogens is 1. The zero-order chi connectivity index (χ0) is 18.5. The number of benzene rings is 1. The van der Waals surface area contributed by atoms with E-state index in [-0.39, 0.29) is 5.91 Å². The minimum absolute atomic E-state index is 0.0965. The number of fused-ring (bicyclic) bond motifs is 3. The molecule has 1 aromatic carbocycles. The molecule has 5 heteroatoms. The summed E-state index contributed by atoms with van der Waals surface area (Å²) in [6.07, 6.45) is 6.21. The molecular formula is C22H28N4O. The second kappa shape index (κ2) is 8.63. The van der Waals surface area contributed by atoms with Crippen LogP contribution in [0.2, 0.25) is 0 Å². The van der Waals surface area contributed by atoms with Crippen LogP contribution in [0, 0.1) is 5.92 Å². The Morgan fingerprint density at radius 3 is 2.56 bits per heavy atom. The Balaban J connectivity index is 1.42. The molecule has 3 aliphatic rings. The third-order valence-electron chi connectivity index (χ3n) is 5.88. The van der Waals surface area contributed by atoms with Crippen LogP contribution in [0.1, 0.15) is 24.0 Å². The number of nitrogens with one attached hydrogen (secondary N) is 1. The van der Waals surface area contributed by atoms with Gasteiger partial charge in [-0.2, -0.15) is 0 Å². The van der Waals surface area contributed by atoms with E-state index >= 15 is 0 Å². The van der Waals surface area contributed by atoms with Crippen LogP contribution in [0.4, 0.5) is 0 Å². The van der Waals surface area contributed by atoms with Crippen LogP contribution in [0.25, 0.3) is 0 Å². The van der Waals surface area contributed by atoms with Gasteiger partial charge in [0.15, 0.2) is 0 Å². The normalized spacial score (nSPS) is 24.1. The average Bonchev–Trinajstić information content (AvgIpc) is 2.74. The summed E-state index contributed by atoms with van der Waals surface area (Å²) in [5.74, 6) is 0.799. The molecule has 4 heterocycles. The van der Waals surface area contributed by atoms with E-state index in [1.807, 2.05) is 42.6 Å². The van der Waals surface area contributed by atoms with Gasteiger partial charge in [-0.25, -0.2) is 0 Å². The van der Waals surface area contributed by atoms with E-state index in [1.165, 1.54) is 31.5 Å². The van der Waals surface area contributed by atoms with Crippen LogP contribution in [-0.4, -0.2) is 52.9 Å². The number of hydrogen-bond acceptors (Lipinski definition) is 4. The van der Waals surface area contributed by atoms with Crippen molar-refractivity contribution < 1.29 is 4.79 Å². The van der Waals surface area contributed by atoms with Crippen LogP contribution < -0.4 is 5.32 Å².